The smallest absolute Gasteiger partial charge is 0.240 e. The van der Waals surface area contributed by atoms with Gasteiger partial charge in [0, 0.05) is 24.5 Å². The lowest BCUT2D eigenvalue weighted by Gasteiger charge is -2.31. The highest BCUT2D eigenvalue weighted by Crippen LogP contribution is 2.24. The van der Waals surface area contributed by atoms with E-state index in [1.165, 1.54) is 10.4 Å². The maximum absolute atomic E-state index is 13.0. The van der Waals surface area contributed by atoms with Gasteiger partial charge < -0.3 is 10.2 Å². The highest BCUT2D eigenvalue weighted by molar-refractivity contribution is 7.10. The summed E-state index contributed by atoms with van der Waals surface area (Å²) >= 11 is 1.79. The molecule has 1 unspecified atom stereocenters. The number of nitrogens with zero attached hydrogens (tertiary/aromatic N) is 2. The molecule has 2 aromatic rings. The van der Waals surface area contributed by atoms with Gasteiger partial charge in [-0.3, -0.25) is 4.79 Å². The first-order chi connectivity index (χ1) is 12.2. The molecule has 0 saturated carbocycles. The van der Waals surface area contributed by atoms with E-state index < -0.39 is 0 Å². The summed E-state index contributed by atoms with van der Waals surface area (Å²) in [6.45, 7) is 4.29. The van der Waals surface area contributed by atoms with Gasteiger partial charge in [-0.1, -0.05) is 25.5 Å². The summed E-state index contributed by atoms with van der Waals surface area (Å²) in [6.07, 6.45) is 2.77. The second kappa shape index (κ2) is 8.28. The van der Waals surface area contributed by atoms with E-state index in [-0.39, 0.29) is 11.9 Å². The highest BCUT2D eigenvalue weighted by Gasteiger charge is 2.27. The van der Waals surface area contributed by atoms with Crippen LogP contribution in [0.3, 0.4) is 0 Å². The van der Waals surface area contributed by atoms with Gasteiger partial charge in [0.1, 0.15) is 0 Å². The van der Waals surface area contributed by atoms with Crippen molar-refractivity contribution >= 4 is 17.2 Å². The van der Waals surface area contributed by atoms with Crippen molar-refractivity contribution in [3.8, 4) is 6.07 Å². The van der Waals surface area contributed by atoms with Crippen LogP contribution in [0.15, 0.2) is 35.7 Å². The molecule has 1 aromatic heterocycles. The number of nitriles is 1. The van der Waals surface area contributed by atoms with Crippen LogP contribution in [0.4, 0.5) is 0 Å². The molecule has 3 rings (SSSR count). The van der Waals surface area contributed by atoms with Crippen LogP contribution in [0.2, 0.25) is 0 Å². The number of nitrogens with one attached hydrogen (secondary N) is 1. The number of rotatable bonds is 6. The van der Waals surface area contributed by atoms with Crippen LogP contribution in [0.1, 0.15) is 41.3 Å². The summed E-state index contributed by atoms with van der Waals surface area (Å²) in [5.41, 5.74) is 3.04. The fourth-order valence-corrected chi connectivity index (χ4v) is 4.09. The number of carbonyl (C=O) groups is 1. The fourth-order valence-electron chi connectivity index (χ4n) is 3.20. The molecule has 1 aromatic carbocycles. The number of benzene rings is 1. The van der Waals surface area contributed by atoms with Crippen molar-refractivity contribution in [2.45, 2.75) is 45.3 Å². The number of carbonyl (C=O) groups excluding carboxylic acids is 1. The molecule has 0 aliphatic carbocycles. The lowest BCUT2D eigenvalue weighted by Crippen LogP contribution is -2.47. The summed E-state index contributed by atoms with van der Waals surface area (Å²) in [5.74, 6) is 0.201. The topological polar surface area (TPSA) is 56.1 Å². The third-order valence-electron chi connectivity index (χ3n) is 4.63. The quantitative estimate of drug-likeness (QED) is 0.865. The number of fused-ring (bicyclic) bond motifs is 1. The summed E-state index contributed by atoms with van der Waals surface area (Å²) in [4.78, 5) is 16.4. The normalized spacial score (nSPS) is 14.6. The van der Waals surface area contributed by atoms with Gasteiger partial charge in [0.25, 0.3) is 0 Å². The van der Waals surface area contributed by atoms with E-state index in [1.54, 1.807) is 11.3 Å². The van der Waals surface area contributed by atoms with Crippen LogP contribution in [-0.2, 0) is 24.3 Å². The van der Waals surface area contributed by atoms with E-state index in [0.29, 0.717) is 12.1 Å². The van der Waals surface area contributed by atoms with Crippen molar-refractivity contribution in [1.82, 2.24) is 10.2 Å². The van der Waals surface area contributed by atoms with E-state index in [2.05, 4.69) is 29.8 Å². The summed E-state index contributed by atoms with van der Waals surface area (Å²) < 4.78 is 0. The molecule has 1 atom stereocenters. The van der Waals surface area contributed by atoms with Crippen LogP contribution >= 0.6 is 11.3 Å². The Labute approximate surface area is 153 Å². The lowest BCUT2D eigenvalue weighted by atomic mass is 10.1. The highest BCUT2D eigenvalue weighted by atomic mass is 32.1. The number of hydrogen-bond donors (Lipinski definition) is 1. The Morgan fingerprint density at radius 3 is 2.88 bits per heavy atom. The molecule has 0 bridgehead atoms. The van der Waals surface area contributed by atoms with Crippen LogP contribution in [0.25, 0.3) is 0 Å². The Bertz CT molecular complexity index is 760. The summed E-state index contributed by atoms with van der Waals surface area (Å²) in [6, 6.07) is 11.6. The zero-order valence-corrected chi connectivity index (χ0v) is 15.3. The van der Waals surface area contributed by atoms with Crippen LogP contribution in [-0.4, -0.2) is 23.4 Å². The second-order valence-electron chi connectivity index (χ2n) is 6.41. The molecule has 1 aliphatic rings. The van der Waals surface area contributed by atoms with E-state index in [4.69, 9.17) is 5.26 Å². The predicted molar refractivity (Wildman–Crippen MR) is 100 cm³/mol. The average molecular weight is 353 g/mol. The maximum atomic E-state index is 13.0. The van der Waals surface area contributed by atoms with E-state index in [1.807, 2.05) is 29.2 Å². The van der Waals surface area contributed by atoms with Crippen LogP contribution in [0, 0.1) is 11.3 Å². The average Bonchev–Trinajstić information content (AvgIpc) is 3.12. The largest absolute Gasteiger partial charge is 0.337 e. The molecule has 0 radical (unpaired) electrons. The second-order valence-corrected chi connectivity index (χ2v) is 7.41. The zero-order chi connectivity index (χ0) is 17.6. The van der Waals surface area contributed by atoms with Crippen LogP contribution in [0.5, 0.6) is 0 Å². The monoisotopic (exact) mass is 353 g/mol. The van der Waals surface area contributed by atoms with E-state index in [0.717, 1.165) is 37.9 Å². The first kappa shape index (κ1) is 17.7. The molecule has 1 N–H and O–H groups in total. The third-order valence-corrected chi connectivity index (χ3v) is 5.65. The SMILES string of the molecule is CCCC(NCc1ccc(C#N)cc1)C(=O)N1CCc2sccc2C1. The van der Waals surface area contributed by atoms with E-state index >= 15 is 0 Å². The van der Waals surface area contributed by atoms with Crippen molar-refractivity contribution in [3.05, 3.63) is 57.3 Å². The standard InChI is InChI=1S/C20H23N3OS/c1-2-3-18(22-13-16-6-4-15(12-21)5-7-16)20(24)23-10-8-19-17(14-23)9-11-25-19/h4-7,9,11,18,22H,2-3,8,10,13-14H2,1H3. The first-order valence-corrected chi connectivity index (χ1v) is 9.65. The molecule has 1 amide bonds. The van der Waals surface area contributed by atoms with E-state index in [9.17, 15) is 4.79 Å². The van der Waals surface area contributed by atoms with Gasteiger partial charge >= 0.3 is 0 Å². The molecular weight excluding hydrogens is 330 g/mol. The Hall–Kier alpha value is -2.16. The van der Waals surface area contributed by atoms with Gasteiger partial charge in [-0.15, -0.1) is 11.3 Å². The van der Waals surface area contributed by atoms with Gasteiger partial charge in [-0.25, -0.2) is 0 Å². The van der Waals surface area contributed by atoms with Gasteiger partial charge in [-0.2, -0.15) is 5.26 Å². The fraction of sp³-hybridized carbons (Fsp3) is 0.400. The van der Waals surface area contributed by atoms with Crippen molar-refractivity contribution in [2.24, 2.45) is 0 Å². The van der Waals surface area contributed by atoms with Crippen molar-refractivity contribution < 1.29 is 4.79 Å². The molecule has 0 spiro atoms. The Kier molecular flexibility index (Phi) is 5.85. The first-order valence-electron chi connectivity index (χ1n) is 8.77. The van der Waals surface area contributed by atoms with Gasteiger partial charge in [0.05, 0.1) is 17.7 Å². The molecule has 0 fully saturated rings. The van der Waals surface area contributed by atoms with Crippen molar-refractivity contribution in [1.29, 1.82) is 5.26 Å². The van der Waals surface area contributed by atoms with Crippen LogP contribution < -0.4 is 5.32 Å². The maximum Gasteiger partial charge on any atom is 0.240 e. The number of thiophene rings is 1. The van der Waals surface area contributed by atoms with Gasteiger partial charge in [-0.05, 0) is 47.5 Å². The van der Waals surface area contributed by atoms with Crippen molar-refractivity contribution in [2.75, 3.05) is 6.54 Å². The molecule has 5 heteroatoms. The molecule has 0 saturated heterocycles. The molecule has 130 valence electrons. The molecule has 25 heavy (non-hydrogen) atoms. The molecule has 4 nitrogen and oxygen atoms in total. The predicted octanol–water partition coefficient (Wildman–Crippen LogP) is 3.46. The number of hydrogen-bond acceptors (Lipinski definition) is 4. The molecule has 1 aliphatic heterocycles. The van der Waals surface area contributed by atoms with Crippen molar-refractivity contribution in [3.63, 3.8) is 0 Å². The minimum atomic E-state index is -0.152. The zero-order valence-electron chi connectivity index (χ0n) is 14.5. The Morgan fingerprint density at radius 2 is 2.16 bits per heavy atom. The third kappa shape index (κ3) is 4.28. The van der Waals surface area contributed by atoms with Gasteiger partial charge in [0.2, 0.25) is 5.91 Å². The molecular formula is C20H23N3OS. The minimum absolute atomic E-state index is 0.152. The minimum Gasteiger partial charge on any atom is -0.337 e. The Morgan fingerprint density at radius 1 is 1.36 bits per heavy atom. The Balaban J connectivity index is 1.62. The summed E-state index contributed by atoms with van der Waals surface area (Å²) in [5, 5.41) is 14.4. The lowest BCUT2D eigenvalue weighted by molar-refractivity contribution is -0.134. The number of amides is 1. The molecule has 2 heterocycles. The summed E-state index contributed by atoms with van der Waals surface area (Å²) in [7, 11) is 0. The van der Waals surface area contributed by atoms with Gasteiger partial charge in [0.15, 0.2) is 0 Å².